The topological polar surface area (TPSA) is 67.3 Å². The molecule has 0 radical (unpaired) electrons. The Morgan fingerprint density at radius 3 is 2.74 bits per heavy atom. The Labute approximate surface area is 121 Å². The van der Waals surface area contributed by atoms with Gasteiger partial charge in [0.05, 0.1) is 27.0 Å². The Bertz CT molecular complexity index is 645. The van der Waals surface area contributed by atoms with Crippen LogP contribution in [-0.4, -0.2) is 20.3 Å². The van der Waals surface area contributed by atoms with Gasteiger partial charge >= 0.3 is 5.97 Å². The molecule has 0 spiro atoms. The van der Waals surface area contributed by atoms with Gasteiger partial charge in [-0.05, 0) is 39.7 Å². The van der Waals surface area contributed by atoms with Gasteiger partial charge in [0.1, 0.15) is 0 Å². The van der Waals surface area contributed by atoms with Crippen LogP contribution >= 0.6 is 15.9 Å². The second-order valence-corrected chi connectivity index (χ2v) is 6.14. The number of pyridine rings is 1. The van der Waals surface area contributed by atoms with Crippen molar-refractivity contribution in [2.45, 2.75) is 10.6 Å². The van der Waals surface area contributed by atoms with Gasteiger partial charge in [-0.2, -0.15) is 0 Å². The van der Waals surface area contributed by atoms with E-state index in [2.05, 4.69) is 20.9 Å². The molecule has 0 aliphatic heterocycles. The molecule has 1 N–H and O–H groups in total. The monoisotopic (exact) mass is 339 g/mol. The van der Waals surface area contributed by atoms with Crippen LogP contribution in [0.2, 0.25) is 0 Å². The third kappa shape index (κ3) is 3.48. The van der Waals surface area contributed by atoms with Gasteiger partial charge < -0.3 is 5.11 Å². The van der Waals surface area contributed by atoms with E-state index in [1.54, 1.807) is 30.6 Å². The lowest BCUT2D eigenvalue weighted by Crippen LogP contribution is -2.05. The summed E-state index contributed by atoms with van der Waals surface area (Å²) in [5.74, 6) is -0.840. The molecular formula is C13H10BrNO3S. The lowest BCUT2D eigenvalue weighted by Gasteiger charge is -2.06. The van der Waals surface area contributed by atoms with Crippen LogP contribution in [0.25, 0.3) is 0 Å². The van der Waals surface area contributed by atoms with Crippen molar-refractivity contribution in [3.05, 3.63) is 58.3 Å². The first-order valence-electron chi connectivity index (χ1n) is 5.38. The number of rotatable bonds is 4. The minimum Gasteiger partial charge on any atom is -0.478 e. The standard InChI is InChI=1S/C13H10BrNO3S/c14-10-5-9(6-15-7-10)8-19(18)12-4-2-1-3-11(12)13(16)17/h1-7H,8H2,(H,16,17). The Balaban J connectivity index is 2.28. The van der Waals surface area contributed by atoms with Crippen molar-refractivity contribution in [2.24, 2.45) is 0 Å². The maximum atomic E-state index is 12.3. The van der Waals surface area contributed by atoms with Gasteiger partial charge in [-0.25, -0.2) is 4.79 Å². The van der Waals surface area contributed by atoms with Gasteiger partial charge in [0.15, 0.2) is 0 Å². The van der Waals surface area contributed by atoms with E-state index in [4.69, 9.17) is 5.11 Å². The number of carboxylic acids is 1. The van der Waals surface area contributed by atoms with Crippen LogP contribution in [0, 0.1) is 0 Å². The third-order valence-electron chi connectivity index (χ3n) is 2.42. The number of halogens is 1. The smallest absolute Gasteiger partial charge is 0.336 e. The molecule has 0 amide bonds. The zero-order valence-corrected chi connectivity index (χ0v) is 12.1. The van der Waals surface area contributed by atoms with Crippen molar-refractivity contribution < 1.29 is 14.1 Å². The van der Waals surface area contributed by atoms with Gasteiger partial charge in [0.25, 0.3) is 0 Å². The van der Waals surface area contributed by atoms with Crippen LogP contribution in [0.5, 0.6) is 0 Å². The first kappa shape index (κ1) is 13.9. The maximum Gasteiger partial charge on any atom is 0.336 e. The van der Waals surface area contributed by atoms with E-state index in [0.717, 1.165) is 10.0 Å². The molecule has 4 nitrogen and oxygen atoms in total. The molecule has 19 heavy (non-hydrogen) atoms. The second-order valence-electron chi connectivity index (χ2n) is 3.80. The summed E-state index contributed by atoms with van der Waals surface area (Å²) in [7, 11) is -1.42. The number of hydrogen-bond acceptors (Lipinski definition) is 3. The van der Waals surface area contributed by atoms with Crippen LogP contribution in [-0.2, 0) is 16.6 Å². The third-order valence-corrected chi connectivity index (χ3v) is 4.30. The lowest BCUT2D eigenvalue weighted by molar-refractivity contribution is 0.0693. The van der Waals surface area contributed by atoms with E-state index in [0.29, 0.717) is 4.90 Å². The van der Waals surface area contributed by atoms with Crippen LogP contribution < -0.4 is 0 Å². The summed E-state index contributed by atoms with van der Waals surface area (Å²) in [5.41, 5.74) is 0.858. The predicted molar refractivity (Wildman–Crippen MR) is 75.5 cm³/mol. The van der Waals surface area contributed by atoms with Gasteiger partial charge in [-0.15, -0.1) is 0 Å². The number of aromatic carboxylic acids is 1. The second kappa shape index (κ2) is 6.08. The molecule has 1 aromatic heterocycles. The number of nitrogens with zero attached hydrogens (tertiary/aromatic N) is 1. The molecule has 0 fully saturated rings. The molecule has 6 heteroatoms. The fourth-order valence-electron chi connectivity index (χ4n) is 1.61. The van der Waals surface area contributed by atoms with Gasteiger partial charge in [0, 0.05) is 16.9 Å². The Morgan fingerprint density at radius 2 is 2.05 bits per heavy atom. The molecule has 1 unspecified atom stereocenters. The summed E-state index contributed by atoms with van der Waals surface area (Å²) in [6.45, 7) is 0. The van der Waals surface area contributed by atoms with Crippen LogP contribution in [0.15, 0.2) is 52.1 Å². The SMILES string of the molecule is O=C(O)c1ccccc1S(=O)Cc1cncc(Br)c1. The first-order valence-corrected chi connectivity index (χ1v) is 7.49. The molecule has 2 aromatic rings. The highest BCUT2D eigenvalue weighted by Gasteiger charge is 2.15. The fraction of sp³-hybridized carbons (Fsp3) is 0.0769. The van der Waals surface area contributed by atoms with Crippen molar-refractivity contribution in [3.63, 3.8) is 0 Å². The van der Waals surface area contributed by atoms with E-state index < -0.39 is 16.8 Å². The molecule has 0 saturated carbocycles. The normalized spacial score (nSPS) is 12.1. The van der Waals surface area contributed by atoms with Gasteiger partial charge in [-0.1, -0.05) is 12.1 Å². The first-order chi connectivity index (χ1) is 9.08. The molecule has 1 heterocycles. The summed E-state index contributed by atoms with van der Waals surface area (Å²) >= 11 is 3.29. The largest absolute Gasteiger partial charge is 0.478 e. The van der Waals surface area contributed by atoms with Crippen LogP contribution in [0.4, 0.5) is 0 Å². The van der Waals surface area contributed by atoms with Crippen molar-refractivity contribution in [1.82, 2.24) is 4.98 Å². The van der Waals surface area contributed by atoms with Crippen LogP contribution in [0.3, 0.4) is 0 Å². The highest BCUT2D eigenvalue weighted by molar-refractivity contribution is 9.10. The molecule has 0 aliphatic carbocycles. The molecule has 0 saturated heterocycles. The highest BCUT2D eigenvalue weighted by atomic mass is 79.9. The van der Waals surface area contributed by atoms with Gasteiger partial charge in [-0.3, -0.25) is 9.19 Å². The van der Waals surface area contributed by atoms with E-state index in [9.17, 15) is 9.00 Å². The van der Waals surface area contributed by atoms with E-state index in [-0.39, 0.29) is 11.3 Å². The fourth-order valence-corrected chi connectivity index (χ4v) is 3.27. The van der Waals surface area contributed by atoms with E-state index >= 15 is 0 Å². The number of benzene rings is 1. The lowest BCUT2D eigenvalue weighted by atomic mass is 10.2. The average molecular weight is 340 g/mol. The van der Waals surface area contributed by atoms with E-state index in [1.807, 2.05) is 6.07 Å². The molecular weight excluding hydrogens is 330 g/mol. The quantitative estimate of drug-likeness (QED) is 0.929. The van der Waals surface area contributed by atoms with Gasteiger partial charge in [0.2, 0.25) is 0 Å². The molecule has 1 atom stereocenters. The molecule has 0 bridgehead atoms. The predicted octanol–water partition coefficient (Wildman–Crippen LogP) is 2.85. The van der Waals surface area contributed by atoms with E-state index in [1.165, 1.54) is 6.07 Å². The highest BCUT2D eigenvalue weighted by Crippen LogP contribution is 2.18. The van der Waals surface area contributed by atoms with Crippen molar-refractivity contribution in [2.75, 3.05) is 0 Å². The maximum absolute atomic E-state index is 12.3. The Kier molecular flexibility index (Phi) is 4.44. The minimum absolute atomic E-state index is 0.0730. The Hall–Kier alpha value is -1.53. The Morgan fingerprint density at radius 1 is 1.32 bits per heavy atom. The zero-order valence-electron chi connectivity index (χ0n) is 9.75. The summed E-state index contributed by atoms with van der Waals surface area (Å²) in [4.78, 5) is 15.4. The average Bonchev–Trinajstić information content (AvgIpc) is 2.38. The minimum atomic E-state index is -1.42. The zero-order chi connectivity index (χ0) is 13.8. The summed E-state index contributed by atoms with van der Waals surface area (Å²) in [5, 5.41) is 9.07. The molecule has 2 rings (SSSR count). The number of aromatic nitrogens is 1. The van der Waals surface area contributed by atoms with Crippen molar-refractivity contribution in [3.8, 4) is 0 Å². The summed E-state index contributed by atoms with van der Waals surface area (Å²) in [6.07, 6.45) is 3.25. The summed E-state index contributed by atoms with van der Waals surface area (Å²) < 4.78 is 13.1. The summed E-state index contributed by atoms with van der Waals surface area (Å²) in [6, 6.07) is 8.14. The van der Waals surface area contributed by atoms with Crippen LogP contribution in [0.1, 0.15) is 15.9 Å². The van der Waals surface area contributed by atoms with Crippen molar-refractivity contribution in [1.29, 1.82) is 0 Å². The molecule has 0 aliphatic rings. The number of carbonyl (C=O) groups is 1. The molecule has 98 valence electrons. The number of hydrogen-bond donors (Lipinski definition) is 1. The number of carboxylic acid groups (broad SMARTS) is 1. The molecule has 1 aromatic carbocycles. The van der Waals surface area contributed by atoms with Crippen molar-refractivity contribution >= 4 is 32.7 Å².